The van der Waals surface area contributed by atoms with Gasteiger partial charge in [0.2, 0.25) is 0 Å². The molecule has 7 nitrogen and oxygen atoms in total. The van der Waals surface area contributed by atoms with Gasteiger partial charge in [0.1, 0.15) is 0 Å². The molecule has 0 spiro atoms. The summed E-state index contributed by atoms with van der Waals surface area (Å²) in [5, 5.41) is 8.54. The number of nitrogens with zero attached hydrogens (tertiary/aromatic N) is 4. The highest BCUT2D eigenvalue weighted by atomic mass is 16.5. The normalized spacial score (nSPS) is 16.0. The number of hydrogen-bond donors (Lipinski definition) is 1. The Bertz CT molecular complexity index is 1120. The van der Waals surface area contributed by atoms with Gasteiger partial charge >= 0.3 is 0 Å². The van der Waals surface area contributed by atoms with Gasteiger partial charge in [0.15, 0.2) is 5.65 Å². The molecular weight excluding hydrogens is 414 g/mol. The summed E-state index contributed by atoms with van der Waals surface area (Å²) in [7, 11) is 0. The van der Waals surface area contributed by atoms with Crippen LogP contribution in [0.2, 0.25) is 0 Å². The van der Waals surface area contributed by atoms with E-state index in [1.807, 2.05) is 22.9 Å². The van der Waals surface area contributed by atoms with Crippen molar-refractivity contribution in [3.05, 3.63) is 47.7 Å². The van der Waals surface area contributed by atoms with Crippen molar-refractivity contribution in [3.8, 4) is 11.3 Å². The maximum atomic E-state index is 13.5. The fourth-order valence-corrected chi connectivity index (χ4v) is 4.57. The number of benzene rings is 1. The summed E-state index contributed by atoms with van der Waals surface area (Å²) in [5.74, 6) is 0.339. The van der Waals surface area contributed by atoms with E-state index in [0.29, 0.717) is 18.0 Å². The van der Waals surface area contributed by atoms with Crippen LogP contribution in [-0.2, 0) is 4.74 Å². The molecule has 1 atom stereocenters. The summed E-state index contributed by atoms with van der Waals surface area (Å²) in [6, 6.07) is 10.5. The average Bonchev–Trinajstić information content (AvgIpc) is 3.23. The van der Waals surface area contributed by atoms with Crippen molar-refractivity contribution in [2.45, 2.75) is 46.7 Å². The van der Waals surface area contributed by atoms with Crippen LogP contribution in [0.25, 0.3) is 22.3 Å². The molecule has 7 heteroatoms. The van der Waals surface area contributed by atoms with Crippen molar-refractivity contribution in [2.24, 2.45) is 5.92 Å². The number of fused-ring (bicyclic) bond motifs is 1. The lowest BCUT2D eigenvalue weighted by Gasteiger charge is -2.36. The number of morpholine rings is 1. The van der Waals surface area contributed by atoms with Crippen LogP contribution in [0.4, 0.5) is 0 Å². The summed E-state index contributed by atoms with van der Waals surface area (Å²) in [4.78, 5) is 20.8. The van der Waals surface area contributed by atoms with Crippen molar-refractivity contribution in [1.29, 1.82) is 0 Å². The van der Waals surface area contributed by atoms with Crippen LogP contribution in [0.15, 0.2) is 36.5 Å². The van der Waals surface area contributed by atoms with E-state index in [0.717, 1.165) is 54.2 Å². The minimum Gasteiger partial charge on any atom is -0.379 e. The zero-order valence-corrected chi connectivity index (χ0v) is 20.3. The molecule has 1 N–H and O–H groups in total. The SMILES string of the molecule is Cc1ccccc1-c1cc(C(=O)NCC(C(C)C)N2CCOCC2)c2cnn(C(C)C)c2n1. The summed E-state index contributed by atoms with van der Waals surface area (Å²) in [5.41, 5.74) is 4.30. The maximum absolute atomic E-state index is 13.5. The molecule has 4 rings (SSSR count). The van der Waals surface area contributed by atoms with Crippen LogP contribution in [0.5, 0.6) is 0 Å². The van der Waals surface area contributed by atoms with Gasteiger partial charge in [0, 0.05) is 37.3 Å². The highest BCUT2D eigenvalue weighted by molar-refractivity contribution is 6.06. The predicted octanol–water partition coefficient (Wildman–Crippen LogP) is 4.07. The highest BCUT2D eigenvalue weighted by Gasteiger charge is 2.25. The zero-order chi connectivity index (χ0) is 23.5. The Hall–Kier alpha value is -2.77. The quantitative estimate of drug-likeness (QED) is 0.589. The number of hydrogen-bond acceptors (Lipinski definition) is 5. The third kappa shape index (κ3) is 4.94. The van der Waals surface area contributed by atoms with Crippen molar-refractivity contribution in [3.63, 3.8) is 0 Å². The van der Waals surface area contributed by atoms with Gasteiger partial charge in [-0.15, -0.1) is 0 Å². The first-order valence-corrected chi connectivity index (χ1v) is 11.9. The fourth-order valence-electron chi connectivity index (χ4n) is 4.57. The molecule has 0 radical (unpaired) electrons. The van der Waals surface area contributed by atoms with E-state index in [1.165, 1.54) is 0 Å². The summed E-state index contributed by atoms with van der Waals surface area (Å²) in [6.07, 6.45) is 1.76. The monoisotopic (exact) mass is 449 g/mol. The standard InChI is InChI=1S/C26H35N5O2/c1-17(2)24(30-10-12-33-13-11-30)16-27-26(32)21-14-23(20-9-7-6-8-19(20)5)29-25-22(21)15-28-31(25)18(3)4/h6-9,14-15,17-18,24H,10-13,16H2,1-5H3,(H,27,32). The van der Waals surface area contributed by atoms with Crippen molar-refractivity contribution >= 4 is 16.9 Å². The first kappa shape index (κ1) is 23.4. The Balaban J connectivity index is 1.68. The lowest BCUT2D eigenvalue weighted by Crippen LogP contribution is -2.51. The van der Waals surface area contributed by atoms with E-state index in [-0.39, 0.29) is 18.0 Å². The number of aryl methyl sites for hydroxylation is 1. The molecule has 1 aromatic carbocycles. The first-order chi connectivity index (χ1) is 15.9. The van der Waals surface area contributed by atoms with E-state index >= 15 is 0 Å². The third-order valence-corrected chi connectivity index (χ3v) is 6.48. The second-order valence-electron chi connectivity index (χ2n) is 9.46. The van der Waals surface area contributed by atoms with Crippen LogP contribution in [0.3, 0.4) is 0 Å². The Labute approximate surface area is 196 Å². The highest BCUT2D eigenvalue weighted by Crippen LogP contribution is 2.28. The average molecular weight is 450 g/mol. The number of amides is 1. The van der Waals surface area contributed by atoms with Crippen LogP contribution >= 0.6 is 0 Å². The zero-order valence-electron chi connectivity index (χ0n) is 20.3. The van der Waals surface area contributed by atoms with E-state index in [4.69, 9.17) is 9.72 Å². The lowest BCUT2D eigenvalue weighted by atomic mass is 10.0. The fraction of sp³-hybridized carbons (Fsp3) is 0.500. The van der Waals surface area contributed by atoms with Crippen LogP contribution in [-0.4, -0.2) is 64.5 Å². The van der Waals surface area contributed by atoms with Gasteiger partial charge in [-0.25, -0.2) is 9.67 Å². The molecule has 1 fully saturated rings. The number of nitrogens with one attached hydrogen (secondary N) is 1. The summed E-state index contributed by atoms with van der Waals surface area (Å²) in [6.45, 7) is 14.5. The molecule has 0 bridgehead atoms. The number of pyridine rings is 1. The number of aromatic nitrogens is 3. The van der Waals surface area contributed by atoms with Gasteiger partial charge in [0.05, 0.1) is 36.1 Å². The van der Waals surface area contributed by atoms with Crippen LogP contribution < -0.4 is 5.32 Å². The molecule has 176 valence electrons. The number of ether oxygens (including phenoxy) is 1. The number of carbonyl (C=O) groups excluding carboxylic acids is 1. The number of carbonyl (C=O) groups is 1. The second kappa shape index (κ2) is 10.0. The Kier molecular flexibility index (Phi) is 7.10. The minimum atomic E-state index is -0.0838. The van der Waals surface area contributed by atoms with Gasteiger partial charge in [-0.05, 0) is 38.3 Å². The van der Waals surface area contributed by atoms with Gasteiger partial charge in [-0.1, -0.05) is 38.1 Å². The van der Waals surface area contributed by atoms with E-state index < -0.39 is 0 Å². The molecule has 1 saturated heterocycles. The molecule has 0 aliphatic carbocycles. The number of rotatable bonds is 7. The van der Waals surface area contributed by atoms with Gasteiger partial charge < -0.3 is 10.1 Å². The summed E-state index contributed by atoms with van der Waals surface area (Å²) >= 11 is 0. The molecule has 3 heterocycles. The molecule has 1 amide bonds. The topological polar surface area (TPSA) is 72.3 Å². The summed E-state index contributed by atoms with van der Waals surface area (Å²) < 4.78 is 7.40. The molecular formula is C26H35N5O2. The molecule has 33 heavy (non-hydrogen) atoms. The Morgan fingerprint density at radius 1 is 1.15 bits per heavy atom. The van der Waals surface area contributed by atoms with Gasteiger partial charge in [-0.2, -0.15) is 5.10 Å². The van der Waals surface area contributed by atoms with Crippen LogP contribution in [0.1, 0.15) is 49.7 Å². The Morgan fingerprint density at radius 3 is 2.55 bits per heavy atom. The van der Waals surface area contributed by atoms with Gasteiger partial charge in [0.25, 0.3) is 5.91 Å². The largest absolute Gasteiger partial charge is 0.379 e. The maximum Gasteiger partial charge on any atom is 0.252 e. The van der Waals surface area contributed by atoms with E-state index in [2.05, 4.69) is 62.1 Å². The molecule has 1 aliphatic rings. The van der Waals surface area contributed by atoms with E-state index in [9.17, 15) is 4.79 Å². The second-order valence-corrected chi connectivity index (χ2v) is 9.46. The predicted molar refractivity (Wildman–Crippen MR) is 131 cm³/mol. The molecule has 1 unspecified atom stereocenters. The minimum absolute atomic E-state index is 0.0838. The van der Waals surface area contributed by atoms with Crippen molar-refractivity contribution in [1.82, 2.24) is 25.0 Å². The molecule has 0 saturated carbocycles. The first-order valence-electron chi connectivity index (χ1n) is 11.9. The van der Waals surface area contributed by atoms with E-state index in [1.54, 1.807) is 6.20 Å². The van der Waals surface area contributed by atoms with Crippen LogP contribution in [0, 0.1) is 12.8 Å². The smallest absolute Gasteiger partial charge is 0.252 e. The van der Waals surface area contributed by atoms with Crippen molar-refractivity contribution < 1.29 is 9.53 Å². The molecule has 3 aromatic rings. The molecule has 1 aliphatic heterocycles. The van der Waals surface area contributed by atoms with Gasteiger partial charge in [-0.3, -0.25) is 9.69 Å². The lowest BCUT2D eigenvalue weighted by molar-refractivity contribution is 0.00673. The Morgan fingerprint density at radius 2 is 1.88 bits per heavy atom. The molecule has 2 aromatic heterocycles. The third-order valence-electron chi connectivity index (χ3n) is 6.48. The van der Waals surface area contributed by atoms with Crippen molar-refractivity contribution in [2.75, 3.05) is 32.8 Å².